The summed E-state index contributed by atoms with van der Waals surface area (Å²) in [7, 11) is 0. The molecule has 8 nitrogen and oxygen atoms in total. The Kier molecular flexibility index (Phi) is 6.99. The molecule has 1 atom stereocenters. The second-order valence-electron chi connectivity index (χ2n) is 9.82. The molecule has 3 aromatic rings. The van der Waals surface area contributed by atoms with Crippen molar-refractivity contribution in [3.8, 4) is 23.3 Å². The molecule has 0 spiro atoms. The van der Waals surface area contributed by atoms with Gasteiger partial charge in [-0.15, -0.1) is 0 Å². The van der Waals surface area contributed by atoms with E-state index in [2.05, 4.69) is 10.3 Å². The monoisotopic (exact) mass is 509 g/mol. The third-order valence-corrected chi connectivity index (χ3v) is 5.79. The lowest BCUT2D eigenvalue weighted by Gasteiger charge is -2.24. The van der Waals surface area contributed by atoms with Gasteiger partial charge in [-0.3, -0.25) is 9.59 Å². The highest BCUT2D eigenvalue weighted by molar-refractivity contribution is 6.03. The van der Waals surface area contributed by atoms with Crippen LogP contribution in [-0.4, -0.2) is 34.1 Å². The van der Waals surface area contributed by atoms with Crippen LogP contribution in [0.3, 0.4) is 0 Å². The zero-order valence-corrected chi connectivity index (χ0v) is 20.5. The van der Waals surface area contributed by atoms with Gasteiger partial charge in [-0.2, -0.15) is 5.26 Å². The molecule has 1 aromatic heterocycles. The van der Waals surface area contributed by atoms with Gasteiger partial charge in [0.2, 0.25) is 0 Å². The topological polar surface area (TPSA) is 122 Å². The molecule has 0 radical (unpaired) electrons. The summed E-state index contributed by atoms with van der Waals surface area (Å²) in [4.78, 5) is 29.5. The van der Waals surface area contributed by atoms with Crippen LogP contribution in [0.5, 0.6) is 17.2 Å². The SMILES string of the molecule is CC(C)(C)OC(=O)C(CNC(=O)c1nc(C#N)c2cc(Oc3c(F)cccc3F)ccc2c1O)C1CC1. The van der Waals surface area contributed by atoms with Crippen molar-refractivity contribution in [2.45, 2.75) is 39.2 Å². The van der Waals surface area contributed by atoms with Crippen molar-refractivity contribution in [1.82, 2.24) is 10.3 Å². The number of aromatic hydroxyl groups is 1. The molecule has 1 aliphatic rings. The van der Waals surface area contributed by atoms with Crippen molar-refractivity contribution in [2.75, 3.05) is 6.54 Å². The number of aromatic nitrogens is 1. The first-order valence-electron chi connectivity index (χ1n) is 11.7. The van der Waals surface area contributed by atoms with Crippen LogP contribution in [0.4, 0.5) is 8.78 Å². The van der Waals surface area contributed by atoms with Gasteiger partial charge in [-0.1, -0.05) is 6.07 Å². The third kappa shape index (κ3) is 5.77. The summed E-state index contributed by atoms with van der Waals surface area (Å²) < 4.78 is 38.7. The molecule has 1 saturated carbocycles. The van der Waals surface area contributed by atoms with Crippen molar-refractivity contribution >= 4 is 22.6 Å². The van der Waals surface area contributed by atoms with Crippen LogP contribution in [-0.2, 0) is 9.53 Å². The number of esters is 1. The van der Waals surface area contributed by atoms with Crippen LogP contribution < -0.4 is 10.1 Å². The summed E-state index contributed by atoms with van der Waals surface area (Å²) in [5.74, 6) is -4.56. The van der Waals surface area contributed by atoms with Gasteiger partial charge in [0.25, 0.3) is 5.91 Å². The molecule has 0 aliphatic heterocycles. The number of halogens is 2. The molecule has 2 aromatic carbocycles. The Bertz CT molecular complexity index is 1400. The molecule has 1 unspecified atom stereocenters. The van der Waals surface area contributed by atoms with Gasteiger partial charge in [0.1, 0.15) is 23.1 Å². The zero-order chi connectivity index (χ0) is 26.9. The van der Waals surface area contributed by atoms with Gasteiger partial charge in [0.15, 0.2) is 28.8 Å². The van der Waals surface area contributed by atoms with Crippen LogP contribution in [0, 0.1) is 34.8 Å². The van der Waals surface area contributed by atoms with E-state index in [9.17, 15) is 28.7 Å². The van der Waals surface area contributed by atoms with Crippen molar-refractivity contribution in [3.63, 3.8) is 0 Å². The number of pyridine rings is 1. The van der Waals surface area contributed by atoms with E-state index in [1.165, 1.54) is 24.3 Å². The van der Waals surface area contributed by atoms with E-state index in [1.807, 2.05) is 6.07 Å². The van der Waals surface area contributed by atoms with Gasteiger partial charge in [-0.05, 0) is 69.9 Å². The molecule has 2 N–H and O–H groups in total. The second-order valence-corrected chi connectivity index (χ2v) is 9.82. The highest BCUT2D eigenvalue weighted by Gasteiger charge is 2.39. The Balaban J connectivity index is 1.58. The standard InChI is InChI=1S/C27H25F2N3O5/c1-27(2,3)37-26(35)18(14-7-8-14)13-31-25(34)22-23(33)16-10-9-15(11-17(16)21(12-30)32-22)36-24-19(28)5-4-6-20(24)29/h4-6,9-11,14,18,33H,7-8,13H2,1-3H3,(H,31,34). The van der Waals surface area contributed by atoms with Gasteiger partial charge in [0, 0.05) is 17.3 Å². The van der Waals surface area contributed by atoms with E-state index in [-0.39, 0.29) is 34.7 Å². The minimum absolute atomic E-state index is 0.00367. The number of carbonyl (C=O) groups is 2. The highest BCUT2D eigenvalue weighted by atomic mass is 19.1. The Morgan fingerprint density at radius 2 is 1.86 bits per heavy atom. The first kappa shape index (κ1) is 25.8. The van der Waals surface area contributed by atoms with E-state index >= 15 is 0 Å². The molecule has 1 aliphatic carbocycles. The number of benzene rings is 2. The van der Waals surface area contributed by atoms with Crippen molar-refractivity contribution in [2.24, 2.45) is 11.8 Å². The fourth-order valence-corrected chi connectivity index (χ4v) is 3.89. The van der Waals surface area contributed by atoms with Crippen molar-refractivity contribution in [3.05, 3.63) is 59.4 Å². The van der Waals surface area contributed by atoms with Gasteiger partial charge in [0.05, 0.1) is 5.92 Å². The summed E-state index contributed by atoms with van der Waals surface area (Å²) in [6.07, 6.45) is 1.69. The molecule has 0 bridgehead atoms. The number of hydrogen-bond acceptors (Lipinski definition) is 7. The Hall–Kier alpha value is -4.26. The molecule has 10 heteroatoms. The maximum atomic E-state index is 14.0. The largest absolute Gasteiger partial charge is 0.505 e. The van der Waals surface area contributed by atoms with E-state index in [1.54, 1.807) is 20.8 Å². The number of para-hydroxylation sites is 1. The van der Waals surface area contributed by atoms with Crippen LogP contribution in [0.15, 0.2) is 36.4 Å². The van der Waals surface area contributed by atoms with Crippen molar-refractivity contribution < 1.29 is 33.0 Å². The lowest BCUT2D eigenvalue weighted by molar-refractivity contribution is -0.160. The zero-order valence-electron chi connectivity index (χ0n) is 20.5. The number of fused-ring (bicyclic) bond motifs is 1. The molecule has 4 rings (SSSR count). The molecule has 37 heavy (non-hydrogen) atoms. The maximum Gasteiger partial charge on any atom is 0.311 e. The van der Waals surface area contributed by atoms with Gasteiger partial charge < -0.3 is 19.9 Å². The fourth-order valence-electron chi connectivity index (χ4n) is 3.89. The fraction of sp³-hybridized carbons (Fsp3) is 0.333. The second kappa shape index (κ2) is 10.0. The van der Waals surface area contributed by atoms with E-state index in [0.29, 0.717) is 0 Å². The molecule has 0 saturated heterocycles. The average molecular weight is 510 g/mol. The average Bonchev–Trinajstić information content (AvgIpc) is 3.66. The molecule has 192 valence electrons. The van der Waals surface area contributed by atoms with Crippen LogP contribution in [0.25, 0.3) is 10.8 Å². The van der Waals surface area contributed by atoms with E-state index in [0.717, 1.165) is 25.0 Å². The number of nitrogens with one attached hydrogen (secondary N) is 1. The number of amides is 1. The van der Waals surface area contributed by atoms with Crippen LogP contribution in [0.2, 0.25) is 0 Å². The summed E-state index contributed by atoms with van der Waals surface area (Å²) in [6, 6.07) is 9.11. The van der Waals surface area contributed by atoms with Crippen LogP contribution in [0.1, 0.15) is 49.8 Å². The predicted molar refractivity (Wildman–Crippen MR) is 129 cm³/mol. The van der Waals surface area contributed by atoms with Gasteiger partial charge in [-0.25, -0.2) is 13.8 Å². The first-order chi connectivity index (χ1) is 17.5. The highest BCUT2D eigenvalue weighted by Crippen LogP contribution is 2.38. The van der Waals surface area contributed by atoms with Gasteiger partial charge >= 0.3 is 5.97 Å². The quantitative estimate of drug-likeness (QED) is 0.431. The summed E-state index contributed by atoms with van der Waals surface area (Å²) in [6.45, 7) is 5.27. The smallest absolute Gasteiger partial charge is 0.311 e. The number of rotatable bonds is 7. The Labute approximate surface area is 211 Å². The first-order valence-corrected chi connectivity index (χ1v) is 11.7. The minimum atomic E-state index is -0.913. The lowest BCUT2D eigenvalue weighted by atomic mass is 10.0. The lowest BCUT2D eigenvalue weighted by Crippen LogP contribution is -2.38. The third-order valence-electron chi connectivity index (χ3n) is 5.79. The number of carbonyl (C=O) groups excluding carboxylic acids is 2. The Morgan fingerprint density at radius 3 is 2.46 bits per heavy atom. The number of hydrogen-bond donors (Lipinski definition) is 2. The minimum Gasteiger partial charge on any atom is -0.505 e. The molecule has 1 amide bonds. The number of nitriles is 1. The summed E-state index contributed by atoms with van der Waals surface area (Å²) in [5, 5.41) is 23.3. The van der Waals surface area contributed by atoms with E-state index < -0.39 is 52.2 Å². The maximum absolute atomic E-state index is 14.0. The van der Waals surface area contributed by atoms with Crippen molar-refractivity contribution in [1.29, 1.82) is 5.26 Å². The molecular weight excluding hydrogens is 484 g/mol. The normalized spacial score (nSPS) is 14.1. The van der Waals surface area contributed by atoms with Crippen LogP contribution >= 0.6 is 0 Å². The molecule has 1 fully saturated rings. The molecule has 1 heterocycles. The summed E-state index contributed by atoms with van der Waals surface area (Å²) >= 11 is 0. The predicted octanol–water partition coefficient (Wildman–Crippen LogP) is 4.98. The van der Waals surface area contributed by atoms with E-state index in [4.69, 9.17) is 9.47 Å². The summed E-state index contributed by atoms with van der Waals surface area (Å²) in [5.41, 5.74) is -1.27. The number of ether oxygens (including phenoxy) is 2. The Morgan fingerprint density at radius 1 is 1.19 bits per heavy atom. The molecular formula is C27H25F2N3O5. The number of nitrogens with zero attached hydrogens (tertiary/aromatic N) is 2.